The first-order valence-electron chi connectivity index (χ1n) is 11.8. The van der Waals surface area contributed by atoms with Gasteiger partial charge in [0.05, 0.1) is 28.6 Å². The molecule has 0 aliphatic heterocycles. The van der Waals surface area contributed by atoms with Crippen molar-refractivity contribution in [1.82, 2.24) is 9.66 Å². The van der Waals surface area contributed by atoms with E-state index in [0.717, 1.165) is 10.1 Å². The van der Waals surface area contributed by atoms with E-state index in [0.29, 0.717) is 22.2 Å². The monoisotopic (exact) mass is 527 g/mol. The van der Waals surface area contributed by atoms with Gasteiger partial charge in [0.15, 0.2) is 18.1 Å². The fourth-order valence-electron chi connectivity index (χ4n) is 3.98. The van der Waals surface area contributed by atoms with Crippen molar-refractivity contribution in [2.75, 3.05) is 13.2 Å². The van der Waals surface area contributed by atoms with Crippen molar-refractivity contribution in [3.8, 4) is 23.1 Å². The maximum atomic E-state index is 13.5. The van der Waals surface area contributed by atoms with Gasteiger partial charge in [0.1, 0.15) is 5.58 Å². The van der Waals surface area contributed by atoms with Gasteiger partial charge in [-0.25, -0.2) is 4.98 Å². The number of rotatable bonds is 9. The number of nitro groups is 1. The molecule has 12 nitrogen and oxygen atoms in total. The van der Waals surface area contributed by atoms with Gasteiger partial charge in [-0.1, -0.05) is 30.3 Å². The van der Waals surface area contributed by atoms with E-state index in [1.807, 2.05) is 18.2 Å². The molecule has 2 aromatic heterocycles. The molecule has 0 bridgehead atoms. The molecule has 0 aliphatic carbocycles. The van der Waals surface area contributed by atoms with Gasteiger partial charge in [0, 0.05) is 17.0 Å². The molecule has 0 aliphatic rings. The number of amides is 1. The van der Waals surface area contributed by atoms with E-state index in [1.165, 1.54) is 18.3 Å². The van der Waals surface area contributed by atoms with Crippen LogP contribution in [0.2, 0.25) is 0 Å². The lowest BCUT2D eigenvalue weighted by Crippen LogP contribution is -2.21. The van der Waals surface area contributed by atoms with E-state index in [2.05, 4.69) is 10.1 Å². The standard InChI is InChI=1S/C27H21N5O7/c1-2-37-22-12-16(11-20(32(35)36)25(22)38-15-24(28)33)14-29-31-26(23-13-17-7-3-6-10-21(17)39-23)30-19-9-5-4-8-18(19)27(31)34/h3-14H,2,15H2,1H3,(H2,28,33). The number of benzene rings is 3. The highest BCUT2D eigenvalue weighted by Gasteiger charge is 2.23. The van der Waals surface area contributed by atoms with E-state index >= 15 is 0 Å². The minimum absolute atomic E-state index is 0.0101. The summed E-state index contributed by atoms with van der Waals surface area (Å²) < 4.78 is 17.8. The number of furan rings is 1. The van der Waals surface area contributed by atoms with Crippen LogP contribution < -0.4 is 20.8 Å². The number of ether oxygens (including phenoxy) is 2. The van der Waals surface area contributed by atoms with Gasteiger partial charge in [0.25, 0.3) is 11.5 Å². The third kappa shape index (κ3) is 5.03. The lowest BCUT2D eigenvalue weighted by molar-refractivity contribution is -0.385. The average molecular weight is 527 g/mol. The van der Waals surface area contributed by atoms with Gasteiger partial charge in [0.2, 0.25) is 11.6 Å². The molecule has 1 amide bonds. The molecule has 2 heterocycles. The zero-order valence-electron chi connectivity index (χ0n) is 20.6. The highest BCUT2D eigenvalue weighted by atomic mass is 16.6. The van der Waals surface area contributed by atoms with Crippen LogP contribution in [0.1, 0.15) is 12.5 Å². The highest BCUT2D eigenvalue weighted by Crippen LogP contribution is 2.38. The Morgan fingerprint density at radius 3 is 2.67 bits per heavy atom. The highest BCUT2D eigenvalue weighted by molar-refractivity contribution is 5.86. The maximum Gasteiger partial charge on any atom is 0.315 e. The quantitative estimate of drug-likeness (QED) is 0.171. The summed E-state index contributed by atoms with van der Waals surface area (Å²) in [5.74, 6) is -0.584. The van der Waals surface area contributed by atoms with Gasteiger partial charge in [-0.2, -0.15) is 9.78 Å². The molecule has 5 aromatic rings. The fraction of sp³-hybridized carbons (Fsp3) is 0.111. The maximum absolute atomic E-state index is 13.5. The molecule has 196 valence electrons. The molecule has 5 rings (SSSR count). The minimum Gasteiger partial charge on any atom is -0.490 e. The number of nitrogens with zero attached hydrogens (tertiary/aromatic N) is 4. The Bertz CT molecular complexity index is 1790. The van der Waals surface area contributed by atoms with Gasteiger partial charge >= 0.3 is 5.69 Å². The van der Waals surface area contributed by atoms with Crippen LogP contribution >= 0.6 is 0 Å². The number of nitro benzene ring substituents is 1. The average Bonchev–Trinajstić information content (AvgIpc) is 3.36. The predicted molar refractivity (Wildman–Crippen MR) is 143 cm³/mol. The van der Waals surface area contributed by atoms with Crippen LogP contribution in [0.3, 0.4) is 0 Å². The normalized spacial score (nSPS) is 11.3. The summed E-state index contributed by atoms with van der Waals surface area (Å²) >= 11 is 0. The van der Waals surface area contributed by atoms with Crippen molar-refractivity contribution in [3.63, 3.8) is 0 Å². The number of aromatic nitrogens is 2. The van der Waals surface area contributed by atoms with Crippen LogP contribution in [0.25, 0.3) is 33.5 Å². The Hall–Kier alpha value is -5.52. The van der Waals surface area contributed by atoms with Crippen LogP contribution in [0.5, 0.6) is 11.5 Å². The number of para-hydroxylation sites is 2. The Morgan fingerprint density at radius 1 is 1.15 bits per heavy atom. The Balaban J connectivity index is 1.66. The smallest absolute Gasteiger partial charge is 0.315 e. The molecule has 39 heavy (non-hydrogen) atoms. The minimum atomic E-state index is -0.807. The third-order valence-corrected chi connectivity index (χ3v) is 5.63. The van der Waals surface area contributed by atoms with Crippen molar-refractivity contribution in [2.24, 2.45) is 10.8 Å². The van der Waals surface area contributed by atoms with Crippen LogP contribution in [0.15, 0.2) is 81.0 Å². The second kappa shape index (κ2) is 10.5. The number of hydrogen-bond donors (Lipinski definition) is 1. The number of carbonyl (C=O) groups is 1. The Kier molecular flexibility index (Phi) is 6.74. The van der Waals surface area contributed by atoms with Crippen LogP contribution in [-0.4, -0.2) is 39.9 Å². The first-order valence-corrected chi connectivity index (χ1v) is 11.8. The van der Waals surface area contributed by atoms with E-state index < -0.39 is 28.7 Å². The number of primary amides is 1. The molecule has 0 saturated heterocycles. The zero-order chi connectivity index (χ0) is 27.5. The summed E-state index contributed by atoms with van der Waals surface area (Å²) in [5.41, 5.74) is 5.49. The van der Waals surface area contributed by atoms with Crippen molar-refractivity contribution in [3.05, 3.63) is 92.8 Å². The molecule has 0 fully saturated rings. The first kappa shape index (κ1) is 25.1. The van der Waals surface area contributed by atoms with Crippen molar-refractivity contribution in [2.45, 2.75) is 6.92 Å². The summed E-state index contributed by atoms with van der Waals surface area (Å²) in [6.07, 6.45) is 1.26. The van der Waals surface area contributed by atoms with E-state index in [-0.39, 0.29) is 29.5 Å². The van der Waals surface area contributed by atoms with E-state index in [4.69, 9.17) is 19.6 Å². The molecule has 0 atom stereocenters. The Labute approximate surface area is 220 Å². The molecule has 0 unspecified atom stereocenters. The summed E-state index contributed by atoms with van der Waals surface area (Å²) in [5, 5.41) is 17.3. The zero-order valence-corrected chi connectivity index (χ0v) is 20.6. The molecule has 0 saturated carbocycles. The van der Waals surface area contributed by atoms with Crippen molar-refractivity contribution >= 4 is 39.7 Å². The van der Waals surface area contributed by atoms with Crippen LogP contribution in [0.4, 0.5) is 5.69 Å². The molecule has 2 N–H and O–H groups in total. The van der Waals surface area contributed by atoms with Crippen LogP contribution in [-0.2, 0) is 4.79 Å². The van der Waals surface area contributed by atoms with Crippen LogP contribution in [0, 0.1) is 10.1 Å². The SMILES string of the molecule is CCOc1cc(C=Nn2c(-c3cc4ccccc4o3)nc3ccccc3c2=O)cc([N+](=O)[O-])c1OCC(N)=O. The van der Waals surface area contributed by atoms with Gasteiger partial charge < -0.3 is 19.6 Å². The van der Waals surface area contributed by atoms with E-state index in [9.17, 15) is 19.7 Å². The number of hydrogen-bond acceptors (Lipinski definition) is 9. The summed E-state index contributed by atoms with van der Waals surface area (Å²) in [7, 11) is 0. The van der Waals surface area contributed by atoms with Gasteiger partial charge in [-0.05, 0) is 37.3 Å². The second-order valence-electron chi connectivity index (χ2n) is 8.27. The van der Waals surface area contributed by atoms with Gasteiger partial charge in [-0.3, -0.25) is 19.7 Å². The van der Waals surface area contributed by atoms with Crippen molar-refractivity contribution in [1.29, 1.82) is 0 Å². The molecule has 0 radical (unpaired) electrons. The molecule has 12 heteroatoms. The lowest BCUT2D eigenvalue weighted by atomic mass is 10.2. The molecule has 3 aromatic carbocycles. The number of fused-ring (bicyclic) bond motifs is 2. The fourth-order valence-corrected chi connectivity index (χ4v) is 3.98. The molecular formula is C27H21N5O7. The van der Waals surface area contributed by atoms with E-state index in [1.54, 1.807) is 43.3 Å². The molecule has 0 spiro atoms. The topological polar surface area (TPSA) is 165 Å². The first-order chi connectivity index (χ1) is 18.9. The largest absolute Gasteiger partial charge is 0.490 e. The number of carbonyl (C=O) groups excluding carboxylic acids is 1. The number of nitrogens with two attached hydrogens (primary N) is 1. The summed E-state index contributed by atoms with van der Waals surface area (Å²) in [4.78, 5) is 40.4. The summed E-state index contributed by atoms with van der Waals surface area (Å²) in [6, 6.07) is 18.5. The summed E-state index contributed by atoms with van der Waals surface area (Å²) in [6.45, 7) is 1.27. The molecular weight excluding hydrogens is 506 g/mol. The van der Waals surface area contributed by atoms with Gasteiger partial charge in [-0.15, -0.1) is 0 Å². The second-order valence-corrected chi connectivity index (χ2v) is 8.27. The predicted octanol–water partition coefficient (Wildman–Crippen LogP) is 3.86. The third-order valence-electron chi connectivity index (χ3n) is 5.63. The van der Waals surface area contributed by atoms with Crippen molar-refractivity contribution < 1.29 is 23.6 Å². The lowest BCUT2D eigenvalue weighted by Gasteiger charge is -2.12. The Morgan fingerprint density at radius 2 is 1.92 bits per heavy atom.